The Bertz CT molecular complexity index is 752. The number of benzene rings is 2. The number of amides is 1. The van der Waals surface area contributed by atoms with Crippen LogP contribution in [0.5, 0.6) is 5.75 Å². The molecule has 0 aliphatic heterocycles. The number of nitrogens with one attached hydrogen (secondary N) is 1. The SMILES string of the molecule is NNC(=O)c1cccc(OCc2nc3ccccc3s2)c1. The number of carbonyl (C=O) groups is 1. The van der Waals surface area contributed by atoms with Crippen molar-refractivity contribution in [1.82, 2.24) is 10.4 Å². The van der Waals surface area contributed by atoms with E-state index in [4.69, 9.17) is 10.6 Å². The summed E-state index contributed by atoms with van der Waals surface area (Å²) in [5, 5.41) is 0.893. The number of hydrazine groups is 1. The van der Waals surface area contributed by atoms with Crippen LogP contribution in [-0.4, -0.2) is 10.9 Å². The van der Waals surface area contributed by atoms with Crippen molar-refractivity contribution in [3.05, 3.63) is 59.1 Å². The highest BCUT2D eigenvalue weighted by Crippen LogP contribution is 2.23. The summed E-state index contributed by atoms with van der Waals surface area (Å²) < 4.78 is 6.82. The van der Waals surface area contributed by atoms with E-state index in [0.717, 1.165) is 15.2 Å². The zero-order valence-electron chi connectivity index (χ0n) is 11.1. The number of rotatable bonds is 4. The molecule has 0 fully saturated rings. The number of carbonyl (C=O) groups excluding carboxylic acids is 1. The van der Waals surface area contributed by atoms with Crippen LogP contribution in [0.3, 0.4) is 0 Å². The third-order valence-corrected chi connectivity index (χ3v) is 3.94. The van der Waals surface area contributed by atoms with Gasteiger partial charge in [0.2, 0.25) is 0 Å². The summed E-state index contributed by atoms with van der Waals surface area (Å²) in [6, 6.07) is 14.8. The monoisotopic (exact) mass is 299 g/mol. The number of para-hydroxylation sites is 1. The highest BCUT2D eigenvalue weighted by molar-refractivity contribution is 7.18. The predicted molar refractivity (Wildman–Crippen MR) is 82.0 cm³/mol. The molecule has 1 heterocycles. The topological polar surface area (TPSA) is 77.2 Å². The first-order valence-electron chi connectivity index (χ1n) is 6.34. The Morgan fingerprint density at radius 2 is 2.10 bits per heavy atom. The van der Waals surface area contributed by atoms with Crippen molar-refractivity contribution in [3.8, 4) is 5.75 Å². The molecule has 6 heteroatoms. The van der Waals surface area contributed by atoms with Crippen LogP contribution in [0.25, 0.3) is 10.2 Å². The van der Waals surface area contributed by atoms with Crippen molar-refractivity contribution in [2.45, 2.75) is 6.61 Å². The molecule has 0 aliphatic carbocycles. The summed E-state index contributed by atoms with van der Waals surface area (Å²) in [6.45, 7) is 0.368. The van der Waals surface area contributed by atoms with Crippen LogP contribution in [0.15, 0.2) is 48.5 Å². The van der Waals surface area contributed by atoms with Crippen molar-refractivity contribution in [3.63, 3.8) is 0 Å². The van der Waals surface area contributed by atoms with E-state index in [2.05, 4.69) is 10.4 Å². The molecule has 0 radical (unpaired) electrons. The lowest BCUT2D eigenvalue weighted by Crippen LogP contribution is -2.29. The number of fused-ring (bicyclic) bond motifs is 1. The summed E-state index contributed by atoms with van der Waals surface area (Å²) >= 11 is 1.60. The molecule has 0 unspecified atom stereocenters. The zero-order chi connectivity index (χ0) is 14.7. The van der Waals surface area contributed by atoms with Crippen molar-refractivity contribution in [1.29, 1.82) is 0 Å². The number of nitrogen functional groups attached to an aromatic ring is 1. The second-order valence-corrected chi connectivity index (χ2v) is 5.48. The van der Waals surface area contributed by atoms with E-state index in [9.17, 15) is 4.79 Å². The fourth-order valence-electron chi connectivity index (χ4n) is 1.94. The van der Waals surface area contributed by atoms with Crippen LogP contribution in [0.1, 0.15) is 15.4 Å². The highest BCUT2D eigenvalue weighted by Gasteiger charge is 2.07. The van der Waals surface area contributed by atoms with E-state index in [1.807, 2.05) is 24.3 Å². The first-order valence-corrected chi connectivity index (χ1v) is 7.16. The standard InChI is InChI=1S/C15H13N3O2S/c16-18-15(19)10-4-3-5-11(8-10)20-9-14-17-12-6-1-2-7-13(12)21-14/h1-8H,9,16H2,(H,18,19). The average Bonchev–Trinajstić information content (AvgIpc) is 2.95. The molecule has 5 nitrogen and oxygen atoms in total. The molecule has 0 saturated heterocycles. The molecular weight excluding hydrogens is 286 g/mol. The Balaban J connectivity index is 1.73. The minimum atomic E-state index is -0.347. The number of nitrogens with two attached hydrogens (primary N) is 1. The Morgan fingerprint density at radius 3 is 2.90 bits per heavy atom. The van der Waals surface area contributed by atoms with E-state index in [0.29, 0.717) is 17.9 Å². The molecule has 3 rings (SSSR count). The van der Waals surface area contributed by atoms with Crippen molar-refractivity contribution in [2.24, 2.45) is 5.84 Å². The maximum absolute atomic E-state index is 11.5. The van der Waals surface area contributed by atoms with Gasteiger partial charge in [-0.05, 0) is 30.3 Å². The van der Waals surface area contributed by atoms with Gasteiger partial charge in [-0.2, -0.15) is 0 Å². The number of nitrogens with zero attached hydrogens (tertiary/aromatic N) is 1. The van der Waals surface area contributed by atoms with Gasteiger partial charge >= 0.3 is 0 Å². The van der Waals surface area contributed by atoms with Gasteiger partial charge in [0, 0.05) is 5.56 Å². The van der Waals surface area contributed by atoms with Crippen molar-refractivity contribution < 1.29 is 9.53 Å². The number of aromatic nitrogens is 1. The number of hydrogen-bond acceptors (Lipinski definition) is 5. The first kappa shape index (κ1) is 13.5. The van der Waals surface area contributed by atoms with Gasteiger partial charge in [-0.3, -0.25) is 10.2 Å². The van der Waals surface area contributed by atoms with E-state index in [1.165, 1.54) is 0 Å². The molecule has 106 valence electrons. The van der Waals surface area contributed by atoms with Crippen LogP contribution in [0.4, 0.5) is 0 Å². The maximum atomic E-state index is 11.5. The molecular formula is C15H13N3O2S. The van der Waals surface area contributed by atoms with E-state index in [1.54, 1.807) is 35.6 Å². The summed E-state index contributed by atoms with van der Waals surface area (Å²) in [5.41, 5.74) is 3.52. The molecule has 0 saturated carbocycles. The first-order chi connectivity index (χ1) is 10.3. The van der Waals surface area contributed by atoms with Gasteiger partial charge in [-0.25, -0.2) is 10.8 Å². The molecule has 0 spiro atoms. The second-order valence-electron chi connectivity index (χ2n) is 4.37. The minimum Gasteiger partial charge on any atom is -0.486 e. The van der Waals surface area contributed by atoms with Gasteiger partial charge in [-0.1, -0.05) is 18.2 Å². The van der Waals surface area contributed by atoms with E-state index in [-0.39, 0.29) is 5.91 Å². The van der Waals surface area contributed by atoms with Crippen molar-refractivity contribution in [2.75, 3.05) is 0 Å². The van der Waals surface area contributed by atoms with Gasteiger partial charge < -0.3 is 4.74 Å². The van der Waals surface area contributed by atoms with Crippen LogP contribution < -0.4 is 16.0 Å². The zero-order valence-corrected chi connectivity index (χ0v) is 11.9. The summed E-state index contributed by atoms with van der Waals surface area (Å²) in [5.74, 6) is 5.37. The molecule has 0 aliphatic rings. The van der Waals surface area contributed by atoms with E-state index >= 15 is 0 Å². The lowest BCUT2D eigenvalue weighted by molar-refractivity contribution is 0.0953. The van der Waals surface area contributed by atoms with Crippen molar-refractivity contribution >= 4 is 27.5 Å². The van der Waals surface area contributed by atoms with Crippen LogP contribution >= 0.6 is 11.3 Å². The van der Waals surface area contributed by atoms with Gasteiger partial charge in [-0.15, -0.1) is 11.3 Å². The maximum Gasteiger partial charge on any atom is 0.265 e. The predicted octanol–water partition coefficient (Wildman–Crippen LogP) is 2.48. The Hall–Kier alpha value is -2.44. The Kier molecular flexibility index (Phi) is 3.81. The van der Waals surface area contributed by atoms with Gasteiger partial charge in [0.15, 0.2) is 0 Å². The third-order valence-electron chi connectivity index (χ3n) is 2.93. The molecule has 2 aromatic carbocycles. The number of thiazole rings is 1. The summed E-state index contributed by atoms with van der Waals surface area (Å²) in [4.78, 5) is 16.0. The highest BCUT2D eigenvalue weighted by atomic mass is 32.1. The van der Waals surface area contributed by atoms with E-state index < -0.39 is 0 Å². The summed E-state index contributed by atoms with van der Waals surface area (Å²) in [6.07, 6.45) is 0. The largest absolute Gasteiger partial charge is 0.486 e. The number of hydrogen-bond donors (Lipinski definition) is 2. The molecule has 21 heavy (non-hydrogen) atoms. The minimum absolute atomic E-state index is 0.347. The van der Waals surface area contributed by atoms with Gasteiger partial charge in [0.05, 0.1) is 10.2 Å². The van der Waals surface area contributed by atoms with Crippen LogP contribution in [0.2, 0.25) is 0 Å². The molecule has 1 aromatic heterocycles. The van der Waals surface area contributed by atoms with Gasteiger partial charge in [0.1, 0.15) is 17.4 Å². The fourth-order valence-corrected chi connectivity index (χ4v) is 2.82. The normalized spacial score (nSPS) is 10.5. The Labute approximate surface area is 125 Å². The lowest BCUT2D eigenvalue weighted by Gasteiger charge is -2.05. The fraction of sp³-hybridized carbons (Fsp3) is 0.0667. The average molecular weight is 299 g/mol. The third kappa shape index (κ3) is 3.01. The smallest absolute Gasteiger partial charge is 0.265 e. The molecule has 3 aromatic rings. The summed E-state index contributed by atoms with van der Waals surface area (Å²) in [7, 11) is 0. The quantitative estimate of drug-likeness (QED) is 0.441. The molecule has 0 bridgehead atoms. The van der Waals surface area contributed by atoms with Crippen LogP contribution in [-0.2, 0) is 6.61 Å². The Morgan fingerprint density at radius 1 is 1.24 bits per heavy atom. The molecule has 1 amide bonds. The molecule has 0 atom stereocenters. The van der Waals surface area contributed by atoms with Crippen LogP contribution in [0, 0.1) is 0 Å². The lowest BCUT2D eigenvalue weighted by atomic mass is 10.2. The van der Waals surface area contributed by atoms with Gasteiger partial charge in [0.25, 0.3) is 5.91 Å². The molecule has 3 N–H and O–H groups in total. The number of ether oxygens (including phenoxy) is 1. The second kappa shape index (κ2) is 5.90.